The molecule has 2 rings (SSSR count). The van der Waals surface area contributed by atoms with Crippen molar-refractivity contribution in [3.8, 4) is 17.2 Å². The van der Waals surface area contributed by atoms with Crippen LogP contribution in [0.5, 0.6) is 17.2 Å². The van der Waals surface area contributed by atoms with Crippen molar-refractivity contribution in [3.63, 3.8) is 0 Å². The smallest absolute Gasteiger partial charge is 0.150 e. The molecule has 0 aliphatic heterocycles. The van der Waals surface area contributed by atoms with E-state index in [-0.39, 0.29) is 0 Å². The lowest BCUT2D eigenvalue weighted by Crippen LogP contribution is -1.94. The van der Waals surface area contributed by atoms with E-state index in [1.807, 2.05) is 30.3 Å². The Morgan fingerprint density at radius 1 is 1.00 bits per heavy atom. The van der Waals surface area contributed by atoms with E-state index in [1.54, 1.807) is 7.11 Å². The minimum atomic E-state index is 0.603. The highest BCUT2D eigenvalue weighted by atomic mass is 127. The van der Waals surface area contributed by atoms with Gasteiger partial charge < -0.3 is 15.2 Å². The highest BCUT2D eigenvalue weighted by molar-refractivity contribution is 14.1. The number of nitrogen functional groups attached to an aromatic ring is 1. The standard InChI is InChI=1S/C13H10Br2INO2/c1-18-12-5-9(15)13(6-8(12)14)19-11-3-2-7(16)4-10(11)17/h2-6H,17H2,1H3. The molecule has 0 saturated carbocycles. The number of methoxy groups -OCH3 is 1. The first-order chi connectivity index (χ1) is 9.01. The second-order valence-electron chi connectivity index (χ2n) is 3.70. The number of halogens is 3. The fraction of sp³-hybridized carbons (Fsp3) is 0.0769. The molecular weight excluding hydrogens is 489 g/mol. The summed E-state index contributed by atoms with van der Waals surface area (Å²) in [4.78, 5) is 0. The lowest BCUT2D eigenvalue weighted by atomic mass is 10.3. The molecule has 0 unspecified atom stereocenters. The molecule has 0 heterocycles. The molecule has 0 atom stereocenters. The maximum absolute atomic E-state index is 5.93. The van der Waals surface area contributed by atoms with Crippen LogP contribution >= 0.6 is 54.5 Å². The number of hydrogen-bond acceptors (Lipinski definition) is 3. The van der Waals surface area contributed by atoms with E-state index in [0.717, 1.165) is 18.3 Å². The van der Waals surface area contributed by atoms with Crippen LogP contribution in [0.15, 0.2) is 39.3 Å². The Bertz CT molecular complexity index is 620. The van der Waals surface area contributed by atoms with Gasteiger partial charge in [-0.15, -0.1) is 0 Å². The Kier molecular flexibility index (Phi) is 4.97. The van der Waals surface area contributed by atoms with E-state index >= 15 is 0 Å². The van der Waals surface area contributed by atoms with Gasteiger partial charge in [0.2, 0.25) is 0 Å². The summed E-state index contributed by atoms with van der Waals surface area (Å²) in [5.41, 5.74) is 6.53. The largest absolute Gasteiger partial charge is 0.496 e. The molecule has 0 radical (unpaired) electrons. The SMILES string of the molecule is COc1cc(Br)c(Oc2ccc(I)cc2N)cc1Br. The fourth-order valence-corrected chi connectivity index (χ4v) is 2.88. The molecule has 6 heteroatoms. The molecule has 19 heavy (non-hydrogen) atoms. The van der Waals surface area contributed by atoms with Crippen LogP contribution in [0.25, 0.3) is 0 Å². The van der Waals surface area contributed by atoms with Gasteiger partial charge in [-0.2, -0.15) is 0 Å². The molecule has 0 saturated heterocycles. The number of rotatable bonds is 3. The highest BCUT2D eigenvalue weighted by Crippen LogP contribution is 2.39. The second-order valence-corrected chi connectivity index (χ2v) is 6.66. The van der Waals surface area contributed by atoms with Crippen LogP contribution in [0, 0.1) is 3.57 Å². The Hall–Kier alpha value is -0.470. The lowest BCUT2D eigenvalue weighted by Gasteiger charge is -2.12. The predicted octanol–water partition coefficient (Wildman–Crippen LogP) is 5.20. The minimum Gasteiger partial charge on any atom is -0.496 e. The number of ether oxygens (including phenoxy) is 2. The molecule has 0 aliphatic carbocycles. The first kappa shape index (κ1) is 14.9. The molecular formula is C13H10Br2INO2. The van der Waals surface area contributed by atoms with Crippen molar-refractivity contribution >= 4 is 60.1 Å². The van der Waals surface area contributed by atoms with Crippen LogP contribution in [0.1, 0.15) is 0 Å². The predicted molar refractivity (Wildman–Crippen MR) is 92.0 cm³/mol. The molecule has 2 aromatic carbocycles. The zero-order chi connectivity index (χ0) is 14.0. The van der Waals surface area contributed by atoms with Gasteiger partial charge in [0.15, 0.2) is 0 Å². The van der Waals surface area contributed by atoms with Gasteiger partial charge in [0.25, 0.3) is 0 Å². The minimum absolute atomic E-state index is 0.603. The van der Waals surface area contributed by atoms with E-state index in [0.29, 0.717) is 17.2 Å². The summed E-state index contributed by atoms with van der Waals surface area (Å²) < 4.78 is 13.7. The van der Waals surface area contributed by atoms with Crippen LogP contribution < -0.4 is 15.2 Å². The van der Waals surface area contributed by atoms with Crippen molar-refractivity contribution in [1.82, 2.24) is 0 Å². The summed E-state index contributed by atoms with van der Waals surface area (Å²) in [5, 5.41) is 0. The number of benzene rings is 2. The Balaban J connectivity index is 2.35. The average Bonchev–Trinajstić information content (AvgIpc) is 2.36. The van der Waals surface area contributed by atoms with Crippen molar-refractivity contribution < 1.29 is 9.47 Å². The van der Waals surface area contributed by atoms with Crippen LogP contribution in [0.3, 0.4) is 0 Å². The van der Waals surface area contributed by atoms with Gasteiger partial charge in [-0.1, -0.05) is 0 Å². The van der Waals surface area contributed by atoms with Crippen molar-refractivity contribution in [3.05, 3.63) is 42.8 Å². The van der Waals surface area contributed by atoms with Gasteiger partial charge >= 0.3 is 0 Å². The van der Waals surface area contributed by atoms with Gasteiger partial charge in [0, 0.05) is 3.57 Å². The van der Waals surface area contributed by atoms with Crippen LogP contribution in [0.4, 0.5) is 5.69 Å². The van der Waals surface area contributed by atoms with Gasteiger partial charge in [-0.3, -0.25) is 0 Å². The van der Waals surface area contributed by atoms with Gasteiger partial charge in [0.05, 0.1) is 21.7 Å². The van der Waals surface area contributed by atoms with Crippen molar-refractivity contribution in [1.29, 1.82) is 0 Å². The Labute approximate surface area is 141 Å². The van der Waals surface area contributed by atoms with Crippen LogP contribution in [-0.4, -0.2) is 7.11 Å². The first-order valence-corrected chi connectivity index (χ1v) is 7.93. The maximum atomic E-state index is 5.93. The molecule has 0 amide bonds. The van der Waals surface area contributed by atoms with Crippen molar-refractivity contribution in [2.75, 3.05) is 12.8 Å². The topological polar surface area (TPSA) is 44.5 Å². The Morgan fingerprint density at radius 3 is 2.26 bits per heavy atom. The third-order valence-electron chi connectivity index (χ3n) is 2.40. The molecule has 2 N–H and O–H groups in total. The quantitative estimate of drug-likeness (QED) is 0.467. The van der Waals surface area contributed by atoms with E-state index < -0.39 is 0 Å². The molecule has 2 aromatic rings. The summed E-state index contributed by atoms with van der Waals surface area (Å²) in [6.07, 6.45) is 0. The van der Waals surface area contributed by atoms with Crippen molar-refractivity contribution in [2.45, 2.75) is 0 Å². The van der Waals surface area contributed by atoms with Gasteiger partial charge in [-0.25, -0.2) is 0 Å². The van der Waals surface area contributed by atoms with Gasteiger partial charge in [-0.05, 0) is 84.8 Å². The van der Waals surface area contributed by atoms with E-state index in [1.165, 1.54) is 0 Å². The molecule has 100 valence electrons. The zero-order valence-electron chi connectivity index (χ0n) is 9.91. The summed E-state index contributed by atoms with van der Waals surface area (Å²) >= 11 is 9.08. The summed E-state index contributed by atoms with van der Waals surface area (Å²) in [5.74, 6) is 2.02. The third-order valence-corrected chi connectivity index (χ3v) is 4.31. The molecule has 0 aromatic heterocycles. The number of nitrogens with two attached hydrogens (primary N) is 1. The van der Waals surface area contributed by atoms with E-state index in [9.17, 15) is 0 Å². The molecule has 0 fully saturated rings. The molecule has 3 nitrogen and oxygen atoms in total. The van der Waals surface area contributed by atoms with Gasteiger partial charge in [0.1, 0.15) is 17.2 Å². The monoisotopic (exact) mass is 497 g/mol. The normalized spacial score (nSPS) is 10.3. The average molecular weight is 499 g/mol. The van der Waals surface area contributed by atoms with Crippen molar-refractivity contribution in [2.24, 2.45) is 0 Å². The summed E-state index contributed by atoms with van der Waals surface area (Å²) in [6.45, 7) is 0. The zero-order valence-corrected chi connectivity index (χ0v) is 15.2. The Morgan fingerprint density at radius 2 is 1.63 bits per heavy atom. The maximum Gasteiger partial charge on any atom is 0.150 e. The molecule has 0 bridgehead atoms. The van der Waals surface area contributed by atoms with Crippen LogP contribution in [0.2, 0.25) is 0 Å². The third kappa shape index (κ3) is 3.55. The summed E-state index contributed by atoms with van der Waals surface area (Å²) in [7, 11) is 1.62. The number of hydrogen-bond donors (Lipinski definition) is 1. The van der Waals surface area contributed by atoms with Crippen LogP contribution in [-0.2, 0) is 0 Å². The van der Waals surface area contributed by atoms with E-state index in [2.05, 4.69) is 54.5 Å². The van der Waals surface area contributed by atoms with E-state index in [4.69, 9.17) is 15.2 Å². The molecule has 0 aliphatic rings. The summed E-state index contributed by atoms with van der Waals surface area (Å²) in [6, 6.07) is 9.32. The number of anilines is 1. The first-order valence-electron chi connectivity index (χ1n) is 5.27. The second kappa shape index (κ2) is 6.32. The highest BCUT2D eigenvalue weighted by Gasteiger charge is 2.10. The molecule has 0 spiro atoms. The lowest BCUT2D eigenvalue weighted by molar-refractivity contribution is 0.409. The fourth-order valence-electron chi connectivity index (χ4n) is 1.48.